The van der Waals surface area contributed by atoms with E-state index in [4.69, 9.17) is 10.2 Å². The third-order valence-electron chi connectivity index (χ3n) is 0.675. The van der Waals surface area contributed by atoms with Gasteiger partial charge in [0.15, 0.2) is 0 Å². The standard InChI is InChI=1S/C4H6F2O3/c5-4(6)2(7)1-3(8)9/h2,4,7H,1H2,(H,8,9)/t2-/m0/s1. The summed E-state index contributed by atoms with van der Waals surface area (Å²) < 4.78 is 22.6. The molecule has 0 aliphatic heterocycles. The van der Waals surface area contributed by atoms with Gasteiger partial charge in [-0.1, -0.05) is 0 Å². The highest BCUT2D eigenvalue weighted by Gasteiger charge is 2.19. The van der Waals surface area contributed by atoms with E-state index in [9.17, 15) is 13.6 Å². The van der Waals surface area contributed by atoms with Gasteiger partial charge in [-0.15, -0.1) is 0 Å². The van der Waals surface area contributed by atoms with Gasteiger partial charge in [0, 0.05) is 0 Å². The summed E-state index contributed by atoms with van der Waals surface area (Å²) in [6, 6.07) is 0. The summed E-state index contributed by atoms with van der Waals surface area (Å²) in [6.07, 6.45) is -5.92. The Morgan fingerprint density at radius 2 is 2.00 bits per heavy atom. The molecule has 0 aromatic heterocycles. The predicted molar refractivity (Wildman–Crippen MR) is 24.3 cm³/mol. The molecule has 1 atom stereocenters. The number of aliphatic carboxylic acids is 1. The number of carboxylic acids is 1. The fourth-order valence-corrected chi connectivity index (χ4v) is 0.268. The maximum Gasteiger partial charge on any atom is 0.306 e. The number of halogens is 2. The number of aliphatic hydroxyl groups is 1. The highest BCUT2D eigenvalue weighted by atomic mass is 19.3. The zero-order chi connectivity index (χ0) is 7.44. The van der Waals surface area contributed by atoms with Crippen LogP contribution in [-0.2, 0) is 4.79 Å². The van der Waals surface area contributed by atoms with Crippen molar-refractivity contribution in [2.45, 2.75) is 19.0 Å². The summed E-state index contributed by atoms with van der Waals surface area (Å²) >= 11 is 0. The van der Waals surface area contributed by atoms with Gasteiger partial charge in [0.05, 0.1) is 6.42 Å². The first kappa shape index (κ1) is 8.29. The van der Waals surface area contributed by atoms with Crippen LogP contribution in [0.25, 0.3) is 0 Å². The highest BCUT2D eigenvalue weighted by Crippen LogP contribution is 2.03. The quantitative estimate of drug-likeness (QED) is 0.584. The zero-order valence-corrected chi connectivity index (χ0v) is 4.42. The molecule has 0 unspecified atom stereocenters. The SMILES string of the molecule is O=C(O)C[C@H](O)C(F)F. The molecule has 0 amide bonds. The van der Waals surface area contributed by atoms with E-state index in [1.165, 1.54) is 0 Å². The zero-order valence-electron chi connectivity index (χ0n) is 4.42. The normalized spacial score (nSPS) is 13.8. The van der Waals surface area contributed by atoms with Gasteiger partial charge in [0.25, 0.3) is 6.43 Å². The molecule has 0 rings (SSSR count). The molecule has 0 fully saturated rings. The Kier molecular flexibility index (Phi) is 3.08. The van der Waals surface area contributed by atoms with Crippen molar-refractivity contribution < 1.29 is 23.8 Å². The van der Waals surface area contributed by atoms with E-state index in [0.29, 0.717) is 0 Å². The van der Waals surface area contributed by atoms with Crippen molar-refractivity contribution in [3.05, 3.63) is 0 Å². The molecule has 2 N–H and O–H groups in total. The molecule has 0 heterocycles. The second kappa shape index (κ2) is 3.34. The number of carboxylic acid groups (broad SMARTS) is 1. The Bertz CT molecular complexity index is 104. The summed E-state index contributed by atoms with van der Waals surface area (Å²) in [5.41, 5.74) is 0. The molecule has 9 heavy (non-hydrogen) atoms. The van der Waals surface area contributed by atoms with E-state index in [0.717, 1.165) is 0 Å². The van der Waals surface area contributed by atoms with Crippen molar-refractivity contribution in [2.24, 2.45) is 0 Å². The summed E-state index contributed by atoms with van der Waals surface area (Å²) in [5, 5.41) is 16.0. The van der Waals surface area contributed by atoms with Gasteiger partial charge in [-0.05, 0) is 0 Å². The lowest BCUT2D eigenvalue weighted by atomic mass is 10.3. The van der Waals surface area contributed by atoms with Crippen LogP contribution in [0, 0.1) is 0 Å². The van der Waals surface area contributed by atoms with Crippen LogP contribution in [0.5, 0.6) is 0 Å². The van der Waals surface area contributed by atoms with Crippen molar-refractivity contribution >= 4 is 5.97 Å². The molecular weight excluding hydrogens is 134 g/mol. The van der Waals surface area contributed by atoms with Gasteiger partial charge in [0.1, 0.15) is 6.10 Å². The molecule has 5 heteroatoms. The predicted octanol–water partition coefficient (Wildman–Crippen LogP) is 0.0871. The molecule has 0 radical (unpaired) electrons. The van der Waals surface area contributed by atoms with Crippen LogP contribution >= 0.6 is 0 Å². The van der Waals surface area contributed by atoms with E-state index in [1.54, 1.807) is 0 Å². The summed E-state index contributed by atoms with van der Waals surface area (Å²) in [7, 11) is 0. The van der Waals surface area contributed by atoms with Gasteiger partial charge in [-0.3, -0.25) is 4.79 Å². The first-order valence-electron chi connectivity index (χ1n) is 2.22. The van der Waals surface area contributed by atoms with E-state index in [-0.39, 0.29) is 0 Å². The molecule has 54 valence electrons. The molecule has 0 saturated carbocycles. The summed E-state index contributed by atoms with van der Waals surface area (Å²) in [4.78, 5) is 9.62. The van der Waals surface area contributed by atoms with Crippen molar-refractivity contribution in [2.75, 3.05) is 0 Å². The largest absolute Gasteiger partial charge is 0.481 e. The lowest BCUT2D eigenvalue weighted by Gasteiger charge is -2.03. The van der Waals surface area contributed by atoms with Crippen LogP contribution in [0.3, 0.4) is 0 Å². The third kappa shape index (κ3) is 3.84. The Morgan fingerprint density at radius 3 is 2.11 bits per heavy atom. The molecule has 0 aliphatic carbocycles. The Morgan fingerprint density at radius 1 is 1.56 bits per heavy atom. The Hall–Kier alpha value is -0.710. The molecule has 0 spiro atoms. The lowest BCUT2D eigenvalue weighted by molar-refractivity contribution is -0.141. The molecule has 0 bridgehead atoms. The van der Waals surface area contributed by atoms with Crippen molar-refractivity contribution in [1.29, 1.82) is 0 Å². The highest BCUT2D eigenvalue weighted by molar-refractivity contribution is 5.67. The maximum atomic E-state index is 11.3. The van der Waals surface area contributed by atoms with Crippen LogP contribution in [0.1, 0.15) is 6.42 Å². The fourth-order valence-electron chi connectivity index (χ4n) is 0.268. The van der Waals surface area contributed by atoms with Crippen LogP contribution in [0.4, 0.5) is 8.78 Å². The second-order valence-electron chi connectivity index (χ2n) is 1.50. The molecule has 0 aromatic carbocycles. The number of rotatable bonds is 3. The Balaban J connectivity index is 3.50. The number of hydrogen-bond donors (Lipinski definition) is 2. The molecule has 3 nitrogen and oxygen atoms in total. The molecule has 0 aromatic rings. The van der Waals surface area contributed by atoms with E-state index in [2.05, 4.69) is 0 Å². The molecular formula is C4H6F2O3. The fraction of sp³-hybridized carbons (Fsp3) is 0.750. The number of carbonyl (C=O) groups is 1. The average Bonchev–Trinajstić information content (AvgIpc) is 1.63. The topological polar surface area (TPSA) is 57.5 Å². The van der Waals surface area contributed by atoms with Crippen LogP contribution in [-0.4, -0.2) is 28.7 Å². The van der Waals surface area contributed by atoms with E-state index < -0.39 is 24.9 Å². The first-order valence-corrected chi connectivity index (χ1v) is 2.22. The Labute approximate surface area is 49.9 Å². The minimum absolute atomic E-state index is 0.905. The minimum atomic E-state index is -2.97. The molecule has 0 aliphatic rings. The smallest absolute Gasteiger partial charge is 0.306 e. The van der Waals surface area contributed by atoms with Gasteiger partial charge < -0.3 is 10.2 Å². The third-order valence-corrected chi connectivity index (χ3v) is 0.675. The van der Waals surface area contributed by atoms with Crippen LogP contribution < -0.4 is 0 Å². The number of alkyl halides is 2. The van der Waals surface area contributed by atoms with E-state index >= 15 is 0 Å². The van der Waals surface area contributed by atoms with Crippen molar-refractivity contribution in [3.63, 3.8) is 0 Å². The van der Waals surface area contributed by atoms with Gasteiger partial charge >= 0.3 is 5.97 Å². The second-order valence-corrected chi connectivity index (χ2v) is 1.50. The summed E-state index contributed by atoms with van der Waals surface area (Å²) in [6.45, 7) is 0. The first-order chi connectivity index (χ1) is 4.04. The van der Waals surface area contributed by atoms with Crippen molar-refractivity contribution in [1.82, 2.24) is 0 Å². The molecule has 0 saturated heterocycles. The van der Waals surface area contributed by atoms with Crippen LogP contribution in [0.15, 0.2) is 0 Å². The van der Waals surface area contributed by atoms with Gasteiger partial charge in [-0.2, -0.15) is 0 Å². The monoisotopic (exact) mass is 140 g/mol. The summed E-state index contributed by atoms with van der Waals surface area (Å²) in [5.74, 6) is -1.43. The van der Waals surface area contributed by atoms with Gasteiger partial charge in [0.2, 0.25) is 0 Å². The number of hydrogen-bond acceptors (Lipinski definition) is 2. The van der Waals surface area contributed by atoms with E-state index in [1.807, 2.05) is 0 Å². The maximum absolute atomic E-state index is 11.3. The minimum Gasteiger partial charge on any atom is -0.481 e. The number of aliphatic hydroxyl groups excluding tert-OH is 1. The van der Waals surface area contributed by atoms with Crippen molar-refractivity contribution in [3.8, 4) is 0 Å². The van der Waals surface area contributed by atoms with Gasteiger partial charge in [-0.25, -0.2) is 8.78 Å². The average molecular weight is 140 g/mol. The lowest BCUT2D eigenvalue weighted by Crippen LogP contribution is -2.20. The van der Waals surface area contributed by atoms with Crippen LogP contribution in [0.2, 0.25) is 0 Å².